The van der Waals surface area contributed by atoms with Crippen molar-refractivity contribution in [2.75, 3.05) is 0 Å². The van der Waals surface area contributed by atoms with Gasteiger partial charge in [-0.05, 0) is 18.6 Å². The van der Waals surface area contributed by atoms with Gasteiger partial charge in [-0.25, -0.2) is 10.9 Å². The van der Waals surface area contributed by atoms with Gasteiger partial charge in [0.2, 0.25) is 0 Å². The zero-order valence-electron chi connectivity index (χ0n) is 8.02. The van der Waals surface area contributed by atoms with Gasteiger partial charge >= 0.3 is 0 Å². The Balaban J connectivity index is 1.99. The molecule has 13 heavy (non-hydrogen) atoms. The SMILES string of the molecule is CCCCCCC1NNC(=S)NN1. The molecule has 76 valence electrons. The summed E-state index contributed by atoms with van der Waals surface area (Å²) in [5.41, 5.74) is 11.9. The maximum absolute atomic E-state index is 4.87. The molecule has 4 nitrogen and oxygen atoms in total. The minimum Gasteiger partial charge on any atom is -0.296 e. The van der Waals surface area contributed by atoms with Gasteiger partial charge in [0, 0.05) is 0 Å². The zero-order valence-corrected chi connectivity index (χ0v) is 8.84. The van der Waals surface area contributed by atoms with E-state index in [-0.39, 0.29) is 6.17 Å². The van der Waals surface area contributed by atoms with E-state index in [0.29, 0.717) is 5.11 Å². The molecule has 1 aliphatic heterocycles. The molecule has 0 bridgehead atoms. The third-order valence-electron chi connectivity index (χ3n) is 2.07. The van der Waals surface area contributed by atoms with Gasteiger partial charge < -0.3 is 0 Å². The van der Waals surface area contributed by atoms with Gasteiger partial charge in [-0.15, -0.1) is 0 Å². The van der Waals surface area contributed by atoms with Crippen LogP contribution in [0.5, 0.6) is 0 Å². The van der Waals surface area contributed by atoms with Crippen molar-refractivity contribution in [1.82, 2.24) is 21.7 Å². The molecule has 4 N–H and O–H groups in total. The summed E-state index contributed by atoms with van der Waals surface area (Å²) in [6.45, 7) is 2.22. The molecular formula is C8H18N4S. The van der Waals surface area contributed by atoms with E-state index in [1.807, 2.05) is 0 Å². The lowest BCUT2D eigenvalue weighted by Crippen LogP contribution is -2.65. The first kappa shape index (κ1) is 10.7. The second-order valence-electron chi connectivity index (χ2n) is 3.27. The average Bonchev–Trinajstić information content (AvgIpc) is 2.15. The summed E-state index contributed by atoms with van der Waals surface area (Å²) in [4.78, 5) is 0. The van der Waals surface area contributed by atoms with E-state index in [9.17, 15) is 0 Å². The number of thiocarbonyl (C=S) groups is 1. The molecule has 1 aliphatic rings. The molecule has 1 saturated heterocycles. The van der Waals surface area contributed by atoms with Crippen molar-refractivity contribution in [3.8, 4) is 0 Å². The van der Waals surface area contributed by atoms with Crippen LogP contribution in [0.1, 0.15) is 39.0 Å². The van der Waals surface area contributed by atoms with Crippen LogP contribution in [0.4, 0.5) is 0 Å². The monoisotopic (exact) mass is 202 g/mol. The highest BCUT2D eigenvalue weighted by Crippen LogP contribution is 2.03. The van der Waals surface area contributed by atoms with Crippen molar-refractivity contribution >= 4 is 17.3 Å². The first-order valence-electron chi connectivity index (χ1n) is 4.90. The molecule has 1 fully saturated rings. The Morgan fingerprint density at radius 3 is 2.46 bits per heavy atom. The number of rotatable bonds is 5. The van der Waals surface area contributed by atoms with Crippen LogP contribution in [0, 0.1) is 0 Å². The van der Waals surface area contributed by atoms with Crippen LogP contribution in [-0.4, -0.2) is 11.3 Å². The maximum atomic E-state index is 4.87. The van der Waals surface area contributed by atoms with Crippen LogP contribution in [0.15, 0.2) is 0 Å². The van der Waals surface area contributed by atoms with Gasteiger partial charge in [-0.3, -0.25) is 10.9 Å². The van der Waals surface area contributed by atoms with Crippen LogP contribution >= 0.6 is 12.2 Å². The molecule has 0 spiro atoms. The summed E-state index contributed by atoms with van der Waals surface area (Å²) in [6.07, 6.45) is 6.56. The molecule has 0 aromatic heterocycles. The van der Waals surface area contributed by atoms with Crippen molar-refractivity contribution in [3.63, 3.8) is 0 Å². The molecule has 0 aromatic rings. The molecule has 0 radical (unpaired) electrons. The molecule has 0 unspecified atom stereocenters. The van der Waals surface area contributed by atoms with Crippen LogP contribution < -0.4 is 21.7 Å². The van der Waals surface area contributed by atoms with Gasteiger partial charge in [0.05, 0.1) is 6.17 Å². The molecule has 1 heterocycles. The predicted octanol–water partition coefficient (Wildman–Crippen LogP) is 0.770. The lowest BCUT2D eigenvalue weighted by molar-refractivity contribution is 0.326. The van der Waals surface area contributed by atoms with Crippen LogP contribution in [0.25, 0.3) is 0 Å². The lowest BCUT2D eigenvalue weighted by atomic mass is 10.1. The molecule has 0 aromatic carbocycles. The normalized spacial score (nSPS) is 18.1. The van der Waals surface area contributed by atoms with Crippen molar-refractivity contribution in [1.29, 1.82) is 0 Å². The first-order valence-corrected chi connectivity index (χ1v) is 5.31. The predicted molar refractivity (Wildman–Crippen MR) is 57.7 cm³/mol. The number of hydrazine groups is 2. The number of unbranched alkanes of at least 4 members (excludes halogenated alkanes) is 3. The van der Waals surface area contributed by atoms with Gasteiger partial charge in [-0.2, -0.15) is 0 Å². The van der Waals surface area contributed by atoms with E-state index in [0.717, 1.165) is 6.42 Å². The van der Waals surface area contributed by atoms with Crippen LogP contribution in [0.3, 0.4) is 0 Å². The quantitative estimate of drug-likeness (QED) is 0.392. The largest absolute Gasteiger partial charge is 0.296 e. The number of hydrogen-bond acceptors (Lipinski definition) is 3. The molecular weight excluding hydrogens is 184 g/mol. The Hall–Kier alpha value is -0.390. The van der Waals surface area contributed by atoms with Gasteiger partial charge in [0.15, 0.2) is 5.11 Å². The van der Waals surface area contributed by atoms with Gasteiger partial charge in [-0.1, -0.05) is 32.6 Å². The Bertz CT molecular complexity index is 152. The highest BCUT2D eigenvalue weighted by Gasteiger charge is 2.11. The summed E-state index contributed by atoms with van der Waals surface area (Å²) >= 11 is 4.87. The Morgan fingerprint density at radius 1 is 1.15 bits per heavy atom. The summed E-state index contributed by atoms with van der Waals surface area (Å²) < 4.78 is 0. The molecule has 0 amide bonds. The maximum Gasteiger partial charge on any atom is 0.195 e. The number of nitrogens with one attached hydrogen (secondary N) is 4. The lowest BCUT2D eigenvalue weighted by Gasteiger charge is -2.27. The van der Waals surface area contributed by atoms with E-state index in [1.54, 1.807) is 0 Å². The van der Waals surface area contributed by atoms with E-state index in [1.165, 1.54) is 25.7 Å². The van der Waals surface area contributed by atoms with E-state index >= 15 is 0 Å². The third-order valence-corrected chi connectivity index (χ3v) is 2.27. The Kier molecular flexibility index (Phi) is 5.03. The smallest absolute Gasteiger partial charge is 0.195 e. The zero-order chi connectivity index (χ0) is 9.52. The van der Waals surface area contributed by atoms with E-state index in [2.05, 4.69) is 28.6 Å². The fourth-order valence-electron chi connectivity index (χ4n) is 1.29. The minimum atomic E-state index is 0.281. The Labute approximate surface area is 84.8 Å². The standard InChI is InChI=1S/C8H18N4S/c1-2-3-4-5-6-7-9-11-8(13)12-10-7/h7,9-10H,2-6H2,1H3,(H2,11,12,13). The number of hydrogen-bond donors (Lipinski definition) is 4. The highest BCUT2D eigenvalue weighted by molar-refractivity contribution is 7.80. The van der Waals surface area contributed by atoms with Crippen LogP contribution in [-0.2, 0) is 0 Å². The average molecular weight is 202 g/mol. The topological polar surface area (TPSA) is 48.1 Å². The van der Waals surface area contributed by atoms with Gasteiger partial charge in [0.25, 0.3) is 0 Å². The fraction of sp³-hybridized carbons (Fsp3) is 0.875. The van der Waals surface area contributed by atoms with Crippen molar-refractivity contribution in [2.24, 2.45) is 0 Å². The molecule has 5 heteroatoms. The second-order valence-corrected chi connectivity index (χ2v) is 3.68. The van der Waals surface area contributed by atoms with Crippen molar-refractivity contribution in [2.45, 2.75) is 45.2 Å². The first-order chi connectivity index (χ1) is 6.33. The van der Waals surface area contributed by atoms with Crippen molar-refractivity contribution < 1.29 is 0 Å². The van der Waals surface area contributed by atoms with E-state index < -0.39 is 0 Å². The van der Waals surface area contributed by atoms with E-state index in [4.69, 9.17) is 12.2 Å². The summed E-state index contributed by atoms with van der Waals surface area (Å²) in [6, 6.07) is 0. The van der Waals surface area contributed by atoms with Gasteiger partial charge in [0.1, 0.15) is 0 Å². The summed E-state index contributed by atoms with van der Waals surface area (Å²) in [5, 5.41) is 0.602. The van der Waals surface area contributed by atoms with Crippen molar-refractivity contribution in [3.05, 3.63) is 0 Å². The second kappa shape index (κ2) is 6.12. The molecule has 1 rings (SSSR count). The molecule has 0 atom stereocenters. The summed E-state index contributed by atoms with van der Waals surface area (Å²) in [5.74, 6) is 0. The molecule has 0 aliphatic carbocycles. The fourth-order valence-corrected chi connectivity index (χ4v) is 1.41. The van der Waals surface area contributed by atoms with Crippen LogP contribution in [0.2, 0.25) is 0 Å². The molecule has 0 saturated carbocycles. The minimum absolute atomic E-state index is 0.281. The Morgan fingerprint density at radius 2 is 1.85 bits per heavy atom. The third kappa shape index (κ3) is 4.40. The highest BCUT2D eigenvalue weighted by atomic mass is 32.1. The summed E-state index contributed by atoms with van der Waals surface area (Å²) in [7, 11) is 0.